The van der Waals surface area contributed by atoms with Crippen LogP contribution < -0.4 is 9.47 Å². The minimum atomic E-state index is 0.577. The van der Waals surface area contributed by atoms with Crippen molar-refractivity contribution in [3.63, 3.8) is 0 Å². The fraction of sp³-hybridized carbons (Fsp3) is 0.333. The Labute approximate surface area is 99.6 Å². The van der Waals surface area contributed by atoms with Crippen LogP contribution in [0, 0.1) is 0 Å². The molecule has 1 heterocycles. The van der Waals surface area contributed by atoms with Crippen molar-refractivity contribution < 1.29 is 14.3 Å². The number of hydrazone groups is 1. The van der Waals surface area contributed by atoms with E-state index in [-0.39, 0.29) is 0 Å². The van der Waals surface area contributed by atoms with E-state index < -0.39 is 0 Å². The molecule has 0 unspecified atom stereocenters. The molecule has 0 bridgehead atoms. The summed E-state index contributed by atoms with van der Waals surface area (Å²) in [5.41, 5.74) is 1.79. The van der Waals surface area contributed by atoms with E-state index in [1.165, 1.54) is 5.01 Å². The monoisotopic (exact) mass is 233 g/mol. The molecule has 1 aliphatic heterocycles. The summed E-state index contributed by atoms with van der Waals surface area (Å²) >= 11 is 0. The maximum absolute atomic E-state index is 10.5. The second-order valence-corrected chi connectivity index (χ2v) is 3.58. The Kier molecular flexibility index (Phi) is 3.27. The summed E-state index contributed by atoms with van der Waals surface area (Å²) in [5.74, 6) is 1.33. The fourth-order valence-electron chi connectivity index (χ4n) is 1.74. The SMILES string of the molecule is COc1ccc(C2=NN([C]=O)CC2)cc1OC. The van der Waals surface area contributed by atoms with Gasteiger partial charge in [-0.05, 0) is 18.2 Å². The zero-order valence-electron chi connectivity index (χ0n) is 9.77. The maximum Gasteiger partial charge on any atom is 0.334 e. The number of hydrogen-bond acceptors (Lipinski definition) is 4. The molecule has 1 aromatic carbocycles. The fourth-order valence-corrected chi connectivity index (χ4v) is 1.74. The van der Waals surface area contributed by atoms with E-state index in [2.05, 4.69) is 5.10 Å². The Morgan fingerprint density at radius 3 is 2.65 bits per heavy atom. The van der Waals surface area contributed by atoms with Gasteiger partial charge in [-0.25, -0.2) is 5.01 Å². The zero-order chi connectivity index (χ0) is 12.3. The van der Waals surface area contributed by atoms with Crippen LogP contribution in [-0.2, 0) is 4.79 Å². The normalized spacial score (nSPS) is 14.5. The molecule has 89 valence electrons. The smallest absolute Gasteiger partial charge is 0.334 e. The van der Waals surface area contributed by atoms with Crippen LogP contribution >= 0.6 is 0 Å². The summed E-state index contributed by atoms with van der Waals surface area (Å²) in [7, 11) is 3.18. The van der Waals surface area contributed by atoms with Gasteiger partial charge in [-0.15, -0.1) is 0 Å². The molecule has 0 N–H and O–H groups in total. The molecule has 0 spiro atoms. The number of rotatable bonds is 4. The molecule has 5 nitrogen and oxygen atoms in total. The topological polar surface area (TPSA) is 51.1 Å². The number of amides is 1. The molecule has 17 heavy (non-hydrogen) atoms. The quantitative estimate of drug-likeness (QED) is 0.784. The van der Waals surface area contributed by atoms with Crippen molar-refractivity contribution in [3.8, 4) is 11.5 Å². The summed E-state index contributed by atoms with van der Waals surface area (Å²) in [4.78, 5) is 10.5. The first kappa shape index (κ1) is 11.4. The Morgan fingerprint density at radius 1 is 1.29 bits per heavy atom. The van der Waals surface area contributed by atoms with E-state index in [0.29, 0.717) is 18.0 Å². The van der Waals surface area contributed by atoms with Gasteiger partial charge in [-0.1, -0.05) is 0 Å². The molecule has 1 radical (unpaired) electrons. The molecule has 0 atom stereocenters. The molecule has 0 aliphatic carbocycles. The average molecular weight is 233 g/mol. The Balaban J connectivity index is 2.31. The molecule has 0 aromatic heterocycles. The first-order valence-corrected chi connectivity index (χ1v) is 5.23. The average Bonchev–Trinajstić information content (AvgIpc) is 2.86. The van der Waals surface area contributed by atoms with Crippen molar-refractivity contribution in [1.82, 2.24) is 5.01 Å². The summed E-state index contributed by atoms with van der Waals surface area (Å²) in [5, 5.41) is 5.41. The van der Waals surface area contributed by atoms with Gasteiger partial charge in [0.2, 0.25) is 0 Å². The predicted octanol–water partition coefficient (Wildman–Crippen LogP) is 1.18. The second kappa shape index (κ2) is 4.86. The van der Waals surface area contributed by atoms with Gasteiger partial charge in [0.1, 0.15) is 0 Å². The summed E-state index contributed by atoms with van der Waals surface area (Å²) in [6.45, 7) is 0.577. The van der Waals surface area contributed by atoms with Gasteiger partial charge in [0.25, 0.3) is 0 Å². The highest BCUT2D eigenvalue weighted by molar-refractivity contribution is 6.02. The van der Waals surface area contributed by atoms with E-state index in [1.54, 1.807) is 20.6 Å². The van der Waals surface area contributed by atoms with Crippen molar-refractivity contribution >= 4 is 12.1 Å². The molecular weight excluding hydrogens is 220 g/mol. The Bertz CT molecular complexity index is 457. The molecule has 1 aliphatic rings. The lowest BCUT2D eigenvalue weighted by atomic mass is 10.1. The third kappa shape index (κ3) is 2.22. The molecule has 0 saturated heterocycles. The number of carbonyl (C=O) groups excluding carboxylic acids is 1. The van der Waals surface area contributed by atoms with Crippen molar-refractivity contribution in [2.45, 2.75) is 6.42 Å². The van der Waals surface area contributed by atoms with Gasteiger partial charge in [-0.2, -0.15) is 5.10 Å². The standard InChI is InChI=1S/C12H13N2O3/c1-16-11-4-3-9(7-12(11)17-2)10-5-6-14(8-15)13-10/h3-4,7H,5-6H2,1-2H3. The summed E-state index contributed by atoms with van der Waals surface area (Å²) in [6.07, 6.45) is 2.48. The molecule has 1 amide bonds. The van der Waals surface area contributed by atoms with Gasteiger partial charge in [0.15, 0.2) is 11.5 Å². The third-order valence-electron chi connectivity index (χ3n) is 2.62. The summed E-state index contributed by atoms with van der Waals surface area (Å²) < 4.78 is 10.4. The van der Waals surface area contributed by atoms with Gasteiger partial charge in [-0.3, -0.25) is 4.79 Å². The van der Waals surface area contributed by atoms with E-state index in [9.17, 15) is 4.79 Å². The second-order valence-electron chi connectivity index (χ2n) is 3.58. The van der Waals surface area contributed by atoms with Gasteiger partial charge in [0, 0.05) is 12.0 Å². The van der Waals surface area contributed by atoms with Crippen LogP contribution in [0.15, 0.2) is 23.3 Å². The summed E-state index contributed by atoms with van der Waals surface area (Å²) in [6, 6.07) is 5.57. The lowest BCUT2D eigenvalue weighted by molar-refractivity contribution is 0.355. The first-order valence-electron chi connectivity index (χ1n) is 5.23. The lowest BCUT2D eigenvalue weighted by Crippen LogP contribution is -2.09. The Morgan fingerprint density at radius 2 is 2.06 bits per heavy atom. The minimum absolute atomic E-state index is 0.577. The van der Waals surface area contributed by atoms with Crippen molar-refractivity contribution in [2.75, 3.05) is 20.8 Å². The number of ether oxygens (including phenoxy) is 2. The van der Waals surface area contributed by atoms with E-state index >= 15 is 0 Å². The van der Waals surface area contributed by atoms with Crippen LogP contribution in [0.3, 0.4) is 0 Å². The molecule has 0 fully saturated rings. The number of benzene rings is 1. The van der Waals surface area contributed by atoms with Crippen LogP contribution in [-0.4, -0.2) is 37.9 Å². The van der Waals surface area contributed by atoms with Crippen LogP contribution in [0.1, 0.15) is 12.0 Å². The maximum atomic E-state index is 10.5. The number of nitrogens with zero attached hydrogens (tertiary/aromatic N) is 2. The number of methoxy groups -OCH3 is 2. The molecule has 5 heteroatoms. The van der Waals surface area contributed by atoms with Gasteiger partial charge >= 0.3 is 6.41 Å². The van der Waals surface area contributed by atoms with E-state index in [4.69, 9.17) is 9.47 Å². The van der Waals surface area contributed by atoms with E-state index in [1.807, 2.05) is 18.2 Å². The third-order valence-corrected chi connectivity index (χ3v) is 2.62. The van der Waals surface area contributed by atoms with Crippen LogP contribution in [0.4, 0.5) is 0 Å². The van der Waals surface area contributed by atoms with Crippen molar-refractivity contribution in [1.29, 1.82) is 0 Å². The number of hydrogen-bond donors (Lipinski definition) is 0. The predicted molar refractivity (Wildman–Crippen MR) is 63.1 cm³/mol. The molecule has 2 rings (SSSR count). The van der Waals surface area contributed by atoms with Gasteiger partial charge < -0.3 is 9.47 Å². The van der Waals surface area contributed by atoms with Crippen LogP contribution in [0.25, 0.3) is 0 Å². The zero-order valence-corrected chi connectivity index (χ0v) is 9.77. The highest BCUT2D eigenvalue weighted by Crippen LogP contribution is 2.28. The first-order chi connectivity index (χ1) is 8.28. The van der Waals surface area contributed by atoms with Gasteiger partial charge in [0.05, 0.1) is 26.5 Å². The Hall–Kier alpha value is -2.04. The highest BCUT2D eigenvalue weighted by Gasteiger charge is 2.17. The lowest BCUT2D eigenvalue weighted by Gasteiger charge is -2.08. The molecule has 0 saturated carbocycles. The van der Waals surface area contributed by atoms with Crippen LogP contribution in [0.5, 0.6) is 11.5 Å². The van der Waals surface area contributed by atoms with Crippen molar-refractivity contribution in [2.24, 2.45) is 5.10 Å². The largest absolute Gasteiger partial charge is 0.493 e. The van der Waals surface area contributed by atoms with Crippen LogP contribution in [0.2, 0.25) is 0 Å². The van der Waals surface area contributed by atoms with Crippen molar-refractivity contribution in [3.05, 3.63) is 23.8 Å². The van der Waals surface area contributed by atoms with E-state index in [0.717, 1.165) is 17.7 Å². The highest BCUT2D eigenvalue weighted by atomic mass is 16.5. The molecular formula is C12H13N2O3. The molecule has 1 aromatic rings. The minimum Gasteiger partial charge on any atom is -0.493 e.